The molecule has 26 heavy (non-hydrogen) atoms. The lowest BCUT2D eigenvalue weighted by Gasteiger charge is -2.27. The molecule has 1 aliphatic rings. The third-order valence-electron chi connectivity index (χ3n) is 4.59. The maximum atomic E-state index is 11.6. The van der Waals surface area contributed by atoms with Crippen molar-refractivity contribution in [1.82, 2.24) is 10.2 Å². The summed E-state index contributed by atoms with van der Waals surface area (Å²) in [7, 11) is -2.86. The summed E-state index contributed by atoms with van der Waals surface area (Å²) in [6, 6.07) is 20.4. The van der Waals surface area contributed by atoms with Crippen molar-refractivity contribution in [2.45, 2.75) is 19.5 Å². The minimum atomic E-state index is -2.86. The molecular formula is C20H24N2O2S2. The predicted octanol–water partition coefficient (Wildman–Crippen LogP) is 3.00. The van der Waals surface area contributed by atoms with Gasteiger partial charge >= 0.3 is 0 Å². The molecule has 0 aliphatic carbocycles. The molecule has 2 aromatic carbocycles. The van der Waals surface area contributed by atoms with Gasteiger partial charge in [0.2, 0.25) is 0 Å². The zero-order valence-corrected chi connectivity index (χ0v) is 16.3. The van der Waals surface area contributed by atoms with Gasteiger partial charge in [0, 0.05) is 19.6 Å². The highest BCUT2D eigenvalue weighted by molar-refractivity contribution is 7.91. The van der Waals surface area contributed by atoms with Crippen molar-refractivity contribution in [3.8, 4) is 0 Å². The molecule has 1 unspecified atom stereocenters. The van der Waals surface area contributed by atoms with Gasteiger partial charge in [-0.05, 0) is 35.7 Å². The van der Waals surface area contributed by atoms with Crippen LogP contribution in [-0.2, 0) is 22.9 Å². The Kier molecular flexibility index (Phi) is 6.27. The van der Waals surface area contributed by atoms with E-state index < -0.39 is 9.84 Å². The predicted molar refractivity (Wildman–Crippen MR) is 109 cm³/mol. The third kappa shape index (κ3) is 5.54. The standard InChI is InChI=1S/C20H24N2O2S2/c23-26(24)12-11-19(16-26)13-21-20(25)22(14-17-7-3-1-4-8-17)15-18-9-5-2-6-10-18/h1-10,19H,11-16H2,(H,21,25). The van der Waals surface area contributed by atoms with Crippen LogP contribution in [0.4, 0.5) is 0 Å². The van der Waals surface area contributed by atoms with Crippen molar-refractivity contribution in [3.05, 3.63) is 71.8 Å². The molecule has 0 bridgehead atoms. The maximum absolute atomic E-state index is 11.6. The first-order valence-corrected chi connectivity index (χ1v) is 11.1. The largest absolute Gasteiger partial charge is 0.362 e. The Labute approximate surface area is 161 Å². The van der Waals surface area contributed by atoms with Crippen molar-refractivity contribution in [2.75, 3.05) is 18.1 Å². The zero-order chi connectivity index (χ0) is 18.4. The van der Waals surface area contributed by atoms with Gasteiger partial charge in [-0.15, -0.1) is 0 Å². The first-order chi connectivity index (χ1) is 12.5. The van der Waals surface area contributed by atoms with Crippen LogP contribution in [0, 0.1) is 5.92 Å². The highest BCUT2D eigenvalue weighted by Gasteiger charge is 2.28. The minimum absolute atomic E-state index is 0.147. The minimum Gasteiger partial charge on any atom is -0.362 e. The number of nitrogens with one attached hydrogen (secondary N) is 1. The van der Waals surface area contributed by atoms with E-state index in [1.165, 1.54) is 11.1 Å². The highest BCUT2D eigenvalue weighted by Crippen LogP contribution is 2.18. The Balaban J connectivity index is 1.64. The van der Waals surface area contributed by atoms with Crippen LogP contribution >= 0.6 is 12.2 Å². The lowest BCUT2D eigenvalue weighted by atomic mass is 10.1. The Bertz CT molecular complexity index is 782. The van der Waals surface area contributed by atoms with Crippen molar-refractivity contribution < 1.29 is 8.42 Å². The Morgan fingerprint density at radius 1 is 1.00 bits per heavy atom. The molecule has 0 radical (unpaired) electrons. The van der Waals surface area contributed by atoms with Crippen molar-refractivity contribution in [1.29, 1.82) is 0 Å². The van der Waals surface area contributed by atoms with Crippen LogP contribution in [0.25, 0.3) is 0 Å². The first kappa shape index (κ1) is 18.9. The van der Waals surface area contributed by atoms with E-state index in [1.54, 1.807) is 0 Å². The summed E-state index contributed by atoms with van der Waals surface area (Å²) in [6.45, 7) is 2.03. The van der Waals surface area contributed by atoms with Crippen molar-refractivity contribution in [3.63, 3.8) is 0 Å². The quantitative estimate of drug-likeness (QED) is 0.771. The Morgan fingerprint density at radius 3 is 2.00 bits per heavy atom. The van der Waals surface area contributed by atoms with Gasteiger partial charge < -0.3 is 10.2 Å². The van der Waals surface area contributed by atoms with Gasteiger partial charge in [-0.2, -0.15) is 0 Å². The van der Waals surface area contributed by atoms with Gasteiger partial charge in [0.15, 0.2) is 14.9 Å². The number of rotatable bonds is 6. The van der Waals surface area contributed by atoms with Crippen LogP contribution in [0.3, 0.4) is 0 Å². The lowest BCUT2D eigenvalue weighted by Crippen LogP contribution is -2.41. The van der Waals surface area contributed by atoms with E-state index in [-0.39, 0.29) is 11.7 Å². The van der Waals surface area contributed by atoms with Gasteiger partial charge in [0.1, 0.15) is 0 Å². The van der Waals surface area contributed by atoms with E-state index in [2.05, 4.69) is 34.5 Å². The fourth-order valence-electron chi connectivity index (χ4n) is 3.18. The summed E-state index contributed by atoms with van der Waals surface area (Å²) >= 11 is 5.63. The van der Waals surface area contributed by atoms with E-state index >= 15 is 0 Å². The molecule has 2 aromatic rings. The molecule has 0 spiro atoms. The summed E-state index contributed by atoms with van der Waals surface area (Å²) in [5.41, 5.74) is 2.38. The summed E-state index contributed by atoms with van der Waals surface area (Å²) in [5.74, 6) is 0.706. The average molecular weight is 389 g/mol. The molecule has 1 fully saturated rings. The van der Waals surface area contributed by atoms with Gasteiger partial charge in [-0.25, -0.2) is 8.42 Å². The van der Waals surface area contributed by atoms with Crippen LogP contribution < -0.4 is 5.32 Å². The second-order valence-corrected chi connectivity index (χ2v) is 9.40. The zero-order valence-electron chi connectivity index (χ0n) is 14.7. The highest BCUT2D eigenvalue weighted by atomic mass is 32.2. The molecule has 4 nitrogen and oxygen atoms in total. The fourth-order valence-corrected chi connectivity index (χ4v) is 5.26. The number of benzene rings is 2. The Hall–Kier alpha value is -1.92. The van der Waals surface area contributed by atoms with Gasteiger partial charge in [0.25, 0.3) is 0 Å². The van der Waals surface area contributed by atoms with Crippen molar-refractivity contribution >= 4 is 27.2 Å². The molecule has 3 rings (SSSR count). The van der Waals surface area contributed by atoms with E-state index in [4.69, 9.17) is 12.2 Å². The molecule has 138 valence electrons. The van der Waals surface area contributed by atoms with Crippen LogP contribution in [0.1, 0.15) is 17.5 Å². The maximum Gasteiger partial charge on any atom is 0.169 e. The van der Waals surface area contributed by atoms with Gasteiger partial charge in [0.05, 0.1) is 11.5 Å². The molecule has 1 N–H and O–H groups in total. The van der Waals surface area contributed by atoms with Crippen LogP contribution in [0.2, 0.25) is 0 Å². The average Bonchev–Trinajstić information content (AvgIpc) is 3.00. The van der Waals surface area contributed by atoms with E-state index in [1.807, 2.05) is 36.4 Å². The van der Waals surface area contributed by atoms with Crippen LogP contribution in [-0.4, -0.2) is 36.5 Å². The van der Waals surface area contributed by atoms with Gasteiger partial charge in [-0.1, -0.05) is 60.7 Å². The van der Waals surface area contributed by atoms with E-state index in [0.29, 0.717) is 30.5 Å². The number of hydrogen-bond acceptors (Lipinski definition) is 3. The summed E-state index contributed by atoms with van der Waals surface area (Å²) in [6.07, 6.45) is 0.718. The molecule has 1 heterocycles. The molecule has 0 aromatic heterocycles. The summed E-state index contributed by atoms with van der Waals surface area (Å²) in [4.78, 5) is 2.13. The molecule has 0 saturated carbocycles. The normalized spacial score (nSPS) is 18.4. The molecule has 1 saturated heterocycles. The molecule has 1 aliphatic heterocycles. The summed E-state index contributed by atoms with van der Waals surface area (Å²) in [5, 5.41) is 3.96. The molecule has 0 amide bonds. The van der Waals surface area contributed by atoms with Crippen LogP contribution in [0.5, 0.6) is 0 Å². The van der Waals surface area contributed by atoms with E-state index in [9.17, 15) is 8.42 Å². The number of thiocarbonyl (C=S) groups is 1. The molecular weight excluding hydrogens is 364 g/mol. The SMILES string of the molecule is O=S1(=O)CCC(CNC(=S)N(Cc2ccccc2)Cc2ccccc2)C1. The second-order valence-electron chi connectivity index (χ2n) is 6.78. The topological polar surface area (TPSA) is 49.4 Å². The monoisotopic (exact) mass is 388 g/mol. The fraction of sp³-hybridized carbons (Fsp3) is 0.350. The second kappa shape index (κ2) is 8.64. The summed E-state index contributed by atoms with van der Waals surface area (Å²) < 4.78 is 23.3. The number of sulfone groups is 1. The smallest absolute Gasteiger partial charge is 0.169 e. The first-order valence-electron chi connectivity index (χ1n) is 8.83. The Morgan fingerprint density at radius 2 is 1.54 bits per heavy atom. The third-order valence-corrected chi connectivity index (χ3v) is 6.83. The number of nitrogens with zero attached hydrogens (tertiary/aromatic N) is 1. The number of hydrogen-bond donors (Lipinski definition) is 1. The lowest BCUT2D eigenvalue weighted by molar-refractivity contribution is 0.394. The molecule has 6 heteroatoms. The van der Waals surface area contributed by atoms with Crippen LogP contribution in [0.15, 0.2) is 60.7 Å². The van der Waals surface area contributed by atoms with Gasteiger partial charge in [-0.3, -0.25) is 0 Å². The van der Waals surface area contributed by atoms with E-state index in [0.717, 1.165) is 6.42 Å². The van der Waals surface area contributed by atoms with Crippen molar-refractivity contribution in [2.24, 2.45) is 5.92 Å². The molecule has 1 atom stereocenters.